The van der Waals surface area contributed by atoms with E-state index in [0.29, 0.717) is 17.4 Å². The molecule has 0 rings (SSSR count). The highest BCUT2D eigenvalue weighted by Crippen LogP contribution is 2.43. The number of phosphoric acid groups is 1. The lowest BCUT2D eigenvalue weighted by Gasteiger charge is -2.25. The van der Waals surface area contributed by atoms with Crippen molar-refractivity contribution in [1.29, 1.82) is 0 Å². The third kappa shape index (κ3) is 48.5. The van der Waals surface area contributed by atoms with E-state index in [1.165, 1.54) is 180 Å². The second kappa shape index (κ2) is 45.9. The Bertz CT molecular complexity index is 1120. The lowest BCUT2D eigenvalue weighted by atomic mass is 10.0. The molecular weight excluding hydrogens is 804 g/mol. The predicted molar refractivity (Wildman–Crippen MR) is 272 cm³/mol. The molecule has 8 nitrogen and oxygen atoms in total. The van der Waals surface area contributed by atoms with Crippen LogP contribution < -0.4 is 5.32 Å². The van der Waals surface area contributed by atoms with Crippen LogP contribution in [0.1, 0.15) is 251 Å². The van der Waals surface area contributed by atoms with Crippen molar-refractivity contribution in [3.05, 3.63) is 36.5 Å². The van der Waals surface area contributed by atoms with E-state index in [1.54, 1.807) is 6.08 Å². The number of hydrogen-bond donors (Lipinski definition) is 3. The Balaban J connectivity index is 4.21. The number of hydrogen-bond acceptors (Lipinski definition) is 5. The number of likely N-dealkylation sites (N-methyl/N-ethyl adjacent to an activating group) is 1. The van der Waals surface area contributed by atoms with Gasteiger partial charge in [0.2, 0.25) is 5.91 Å². The number of carbonyl (C=O) groups is 1. The van der Waals surface area contributed by atoms with E-state index in [4.69, 9.17) is 9.05 Å². The summed E-state index contributed by atoms with van der Waals surface area (Å²) < 4.78 is 23.6. The van der Waals surface area contributed by atoms with Crippen molar-refractivity contribution in [2.24, 2.45) is 0 Å². The first-order valence-corrected chi connectivity index (χ1v) is 28.4. The van der Waals surface area contributed by atoms with Crippen molar-refractivity contribution in [2.75, 3.05) is 40.9 Å². The molecule has 1 amide bonds. The van der Waals surface area contributed by atoms with Gasteiger partial charge in [0.1, 0.15) is 13.2 Å². The van der Waals surface area contributed by atoms with E-state index in [2.05, 4.69) is 43.5 Å². The number of phosphoric ester groups is 1. The summed E-state index contributed by atoms with van der Waals surface area (Å²) in [7, 11) is 1.55. The average Bonchev–Trinajstić information content (AvgIpc) is 3.24. The number of aliphatic hydroxyl groups excluding tert-OH is 1. The molecule has 9 heteroatoms. The molecule has 0 spiro atoms. The zero-order valence-electron chi connectivity index (χ0n) is 42.3. The highest BCUT2D eigenvalue weighted by molar-refractivity contribution is 7.47. The fraction of sp³-hybridized carbons (Fsp3) is 0.870. The topological polar surface area (TPSA) is 105 Å². The average molecular weight is 910 g/mol. The molecule has 0 aromatic carbocycles. The van der Waals surface area contributed by atoms with E-state index >= 15 is 0 Å². The maximum absolute atomic E-state index is 12.9. The summed E-state index contributed by atoms with van der Waals surface area (Å²) in [5.41, 5.74) is 0. The van der Waals surface area contributed by atoms with E-state index in [-0.39, 0.29) is 19.1 Å². The smallest absolute Gasteiger partial charge is 0.387 e. The first-order chi connectivity index (χ1) is 30.5. The van der Waals surface area contributed by atoms with Crippen molar-refractivity contribution >= 4 is 13.7 Å². The minimum Gasteiger partial charge on any atom is -0.387 e. The van der Waals surface area contributed by atoms with Crippen molar-refractivity contribution in [1.82, 2.24) is 5.32 Å². The summed E-state index contributed by atoms with van der Waals surface area (Å²) in [6.45, 7) is 4.79. The number of nitrogens with one attached hydrogen (secondary N) is 1. The van der Waals surface area contributed by atoms with E-state index in [1.807, 2.05) is 27.2 Å². The van der Waals surface area contributed by atoms with Crippen LogP contribution in [0.4, 0.5) is 0 Å². The number of amides is 1. The summed E-state index contributed by atoms with van der Waals surface area (Å²) in [5.74, 6) is -0.195. The quantitative estimate of drug-likeness (QED) is 0.0243. The summed E-state index contributed by atoms with van der Waals surface area (Å²) in [6, 6.07) is -0.866. The maximum Gasteiger partial charge on any atom is 0.472 e. The van der Waals surface area contributed by atoms with Gasteiger partial charge in [0, 0.05) is 6.42 Å². The summed E-state index contributed by atoms with van der Waals surface area (Å²) in [6.07, 6.45) is 58.2. The number of allylic oxidation sites excluding steroid dienone is 5. The van der Waals surface area contributed by atoms with Gasteiger partial charge in [-0.25, -0.2) is 4.57 Å². The van der Waals surface area contributed by atoms with Crippen molar-refractivity contribution in [3.63, 3.8) is 0 Å². The number of nitrogens with zero attached hydrogens (tertiary/aromatic N) is 1. The fourth-order valence-corrected chi connectivity index (χ4v) is 8.55. The molecule has 0 aromatic rings. The summed E-state index contributed by atoms with van der Waals surface area (Å²) in [5, 5.41) is 13.9. The van der Waals surface area contributed by atoms with Crippen LogP contribution in [0.15, 0.2) is 36.5 Å². The highest BCUT2D eigenvalue weighted by atomic mass is 31.2. The molecule has 0 aliphatic heterocycles. The highest BCUT2D eigenvalue weighted by Gasteiger charge is 2.27. The first kappa shape index (κ1) is 61.7. The molecule has 0 aliphatic rings. The van der Waals surface area contributed by atoms with Crippen molar-refractivity contribution < 1.29 is 32.9 Å². The number of carbonyl (C=O) groups excluding carboxylic acids is 1. The Morgan fingerprint density at radius 1 is 0.524 bits per heavy atom. The largest absolute Gasteiger partial charge is 0.472 e. The molecule has 0 aliphatic carbocycles. The Hall–Kier alpha value is -1.28. The Morgan fingerprint density at radius 3 is 1.29 bits per heavy atom. The van der Waals surface area contributed by atoms with Gasteiger partial charge in [-0.05, 0) is 57.8 Å². The molecule has 0 radical (unpaired) electrons. The normalized spacial score (nSPS) is 14.3. The Labute approximate surface area is 391 Å². The summed E-state index contributed by atoms with van der Waals surface area (Å²) >= 11 is 0. The third-order valence-electron chi connectivity index (χ3n) is 12.1. The van der Waals surface area contributed by atoms with Gasteiger partial charge in [0.25, 0.3) is 0 Å². The number of rotatable bonds is 49. The monoisotopic (exact) mass is 910 g/mol. The van der Waals surface area contributed by atoms with Crippen LogP contribution in [0.2, 0.25) is 0 Å². The van der Waals surface area contributed by atoms with Gasteiger partial charge in [-0.1, -0.05) is 224 Å². The van der Waals surface area contributed by atoms with Crippen LogP contribution in [0, 0.1) is 0 Å². The van der Waals surface area contributed by atoms with Crippen LogP contribution in [0.3, 0.4) is 0 Å². The molecule has 0 saturated carbocycles. The van der Waals surface area contributed by atoms with Crippen molar-refractivity contribution in [2.45, 2.75) is 264 Å². The second-order valence-corrected chi connectivity index (χ2v) is 21.0. The standard InChI is InChI=1S/C54H105N2O6P/c1-6-8-10-12-14-16-18-20-21-22-23-24-25-26-27-28-29-30-31-32-33-34-36-37-39-41-43-45-47-53(57)52(51-62-63(59,60)61-50-49-56(3,4)5)55-54(58)48-46-44-42-40-38-35-19-17-15-13-11-9-7-2/h17,19,37,39,45,47,52-53,57H,6-16,18,20-36,38,40-44,46,48-51H2,1-5H3,(H-,55,58,59,60)/p+1/b19-17-,39-37+,47-45+. The molecule has 0 aromatic heterocycles. The van der Waals surface area contributed by atoms with E-state index < -0.39 is 20.0 Å². The molecule has 0 fully saturated rings. The van der Waals surface area contributed by atoms with Gasteiger partial charge in [0.05, 0.1) is 39.9 Å². The molecule has 0 heterocycles. The van der Waals surface area contributed by atoms with Gasteiger partial charge in [0.15, 0.2) is 0 Å². The molecule has 372 valence electrons. The van der Waals surface area contributed by atoms with Gasteiger partial charge in [-0.2, -0.15) is 0 Å². The zero-order chi connectivity index (χ0) is 46.4. The minimum absolute atomic E-state index is 0.0548. The molecule has 0 saturated heterocycles. The van der Waals surface area contributed by atoms with Gasteiger partial charge in [-0.3, -0.25) is 13.8 Å². The van der Waals surface area contributed by atoms with Crippen molar-refractivity contribution in [3.8, 4) is 0 Å². The zero-order valence-corrected chi connectivity index (χ0v) is 43.2. The van der Waals surface area contributed by atoms with Crippen LogP contribution in [-0.2, 0) is 18.4 Å². The number of unbranched alkanes of at least 4 members (excludes halogenated alkanes) is 32. The lowest BCUT2D eigenvalue weighted by molar-refractivity contribution is -0.870. The summed E-state index contributed by atoms with van der Waals surface area (Å²) in [4.78, 5) is 23.2. The van der Waals surface area contributed by atoms with Crippen LogP contribution in [0.25, 0.3) is 0 Å². The molecular formula is C54H106N2O6P+. The number of aliphatic hydroxyl groups is 1. The molecule has 3 N–H and O–H groups in total. The number of quaternary nitrogens is 1. The maximum atomic E-state index is 12.9. The molecule has 63 heavy (non-hydrogen) atoms. The predicted octanol–water partition coefficient (Wildman–Crippen LogP) is 15.8. The molecule has 3 unspecified atom stereocenters. The Kier molecular flexibility index (Phi) is 44.9. The second-order valence-electron chi connectivity index (χ2n) is 19.6. The first-order valence-electron chi connectivity index (χ1n) is 26.9. The minimum atomic E-state index is -4.35. The molecule has 0 bridgehead atoms. The van der Waals surface area contributed by atoms with E-state index in [9.17, 15) is 19.4 Å². The third-order valence-corrected chi connectivity index (χ3v) is 13.1. The van der Waals surface area contributed by atoms with Gasteiger partial charge in [-0.15, -0.1) is 0 Å². The van der Waals surface area contributed by atoms with Crippen LogP contribution in [0.5, 0.6) is 0 Å². The lowest BCUT2D eigenvalue weighted by Crippen LogP contribution is -2.45. The van der Waals surface area contributed by atoms with Gasteiger partial charge >= 0.3 is 7.82 Å². The fourth-order valence-electron chi connectivity index (χ4n) is 7.82. The van der Waals surface area contributed by atoms with E-state index in [0.717, 1.165) is 51.4 Å². The molecule has 3 atom stereocenters. The SMILES string of the molecule is CCCCCC/C=C\CCCCCCCC(=O)NC(COP(=O)(O)OCC[N+](C)(C)C)C(O)/C=C/CC/C=C/CCCCCCCCCCCCCCCCCCCCCCCC. The van der Waals surface area contributed by atoms with Crippen LogP contribution >= 0.6 is 7.82 Å². The van der Waals surface area contributed by atoms with Gasteiger partial charge < -0.3 is 19.8 Å². The van der Waals surface area contributed by atoms with Crippen LogP contribution in [-0.4, -0.2) is 73.4 Å². The Morgan fingerprint density at radius 2 is 0.873 bits per heavy atom.